The number of nitrogens with one attached hydrogen (secondary N) is 1. The number of hydrogen-bond donors (Lipinski definition) is 1. The number of hydrogen-bond acceptors (Lipinski definition) is 5. The topological polar surface area (TPSA) is 96.0 Å². The van der Waals surface area contributed by atoms with E-state index >= 15 is 0 Å². The molecular weight excluding hydrogens is 585 g/mol. The number of methoxy groups -OCH3 is 1. The third kappa shape index (κ3) is 8.15. The number of anilines is 1. The predicted octanol–water partition coefficient (Wildman–Crippen LogP) is 5.84. The Bertz CT molecular complexity index is 1460. The molecule has 8 nitrogen and oxygen atoms in total. The van der Waals surface area contributed by atoms with Crippen molar-refractivity contribution < 1.29 is 22.7 Å². The van der Waals surface area contributed by atoms with Crippen molar-refractivity contribution in [2.24, 2.45) is 0 Å². The molecule has 11 heteroatoms. The summed E-state index contributed by atoms with van der Waals surface area (Å²) in [7, 11) is -2.67. The average molecular weight is 621 g/mol. The Morgan fingerprint density at radius 1 is 0.976 bits per heavy atom. The number of amides is 2. The summed E-state index contributed by atoms with van der Waals surface area (Å²) in [5.41, 5.74) is 1.73. The summed E-state index contributed by atoms with van der Waals surface area (Å²) in [6, 6.07) is 16.6. The van der Waals surface area contributed by atoms with Crippen LogP contribution >= 0.6 is 23.2 Å². The summed E-state index contributed by atoms with van der Waals surface area (Å²) >= 11 is 12.5. The summed E-state index contributed by atoms with van der Waals surface area (Å²) < 4.78 is 34.1. The molecule has 2 amide bonds. The Kier molecular flexibility index (Phi) is 11.1. The Hall–Kier alpha value is -3.27. The Labute approximate surface area is 252 Å². The SMILES string of the molecule is CC[C@@H](C(=O)NC(C)C)N(Cc1ccc(Cl)cc1Cl)C(=O)CN(c1ccc(OC)cc1)S(=O)(=O)c1ccc(C)cc1. The molecule has 0 radical (unpaired) electrons. The Morgan fingerprint density at radius 2 is 1.61 bits per heavy atom. The van der Waals surface area contributed by atoms with Gasteiger partial charge in [-0.1, -0.05) is 53.9 Å². The Balaban J connectivity index is 2.09. The minimum absolute atomic E-state index is 0.0279. The maximum absolute atomic E-state index is 14.1. The quantitative estimate of drug-likeness (QED) is 0.275. The highest BCUT2D eigenvalue weighted by molar-refractivity contribution is 7.92. The van der Waals surface area contributed by atoms with E-state index in [1.54, 1.807) is 61.5 Å². The highest BCUT2D eigenvalue weighted by Gasteiger charge is 2.34. The van der Waals surface area contributed by atoms with E-state index < -0.39 is 28.5 Å². The maximum Gasteiger partial charge on any atom is 0.264 e. The van der Waals surface area contributed by atoms with Crippen LogP contribution in [0.5, 0.6) is 5.75 Å². The number of nitrogens with zero attached hydrogens (tertiary/aromatic N) is 2. The van der Waals surface area contributed by atoms with Crippen molar-refractivity contribution in [3.05, 3.63) is 87.9 Å². The third-order valence-electron chi connectivity index (χ3n) is 6.42. The van der Waals surface area contributed by atoms with Gasteiger partial charge in [0, 0.05) is 22.6 Å². The lowest BCUT2D eigenvalue weighted by molar-refractivity contribution is -0.140. The lowest BCUT2D eigenvalue weighted by Gasteiger charge is -2.33. The lowest BCUT2D eigenvalue weighted by Crippen LogP contribution is -2.53. The molecular formula is C30H35Cl2N3O5S. The van der Waals surface area contributed by atoms with Crippen LogP contribution in [0.25, 0.3) is 0 Å². The van der Waals surface area contributed by atoms with Crippen LogP contribution in [0.1, 0.15) is 38.3 Å². The number of aryl methyl sites for hydroxylation is 1. The average Bonchev–Trinajstić information content (AvgIpc) is 2.92. The van der Waals surface area contributed by atoms with Crippen LogP contribution in [0.3, 0.4) is 0 Å². The number of carbonyl (C=O) groups is 2. The minimum Gasteiger partial charge on any atom is -0.497 e. The molecule has 0 aromatic heterocycles. The van der Waals surface area contributed by atoms with E-state index in [-0.39, 0.29) is 29.1 Å². The summed E-state index contributed by atoms with van der Waals surface area (Å²) in [4.78, 5) is 28.7. The highest BCUT2D eigenvalue weighted by atomic mass is 35.5. The molecule has 0 unspecified atom stereocenters. The van der Waals surface area contributed by atoms with Gasteiger partial charge in [0.15, 0.2) is 0 Å². The van der Waals surface area contributed by atoms with E-state index in [4.69, 9.17) is 27.9 Å². The van der Waals surface area contributed by atoms with Gasteiger partial charge < -0.3 is 15.0 Å². The van der Waals surface area contributed by atoms with E-state index in [2.05, 4.69) is 5.32 Å². The first-order valence-corrected chi connectivity index (χ1v) is 15.3. The van der Waals surface area contributed by atoms with Gasteiger partial charge in [-0.2, -0.15) is 0 Å². The predicted molar refractivity (Wildman–Crippen MR) is 163 cm³/mol. The van der Waals surface area contributed by atoms with Gasteiger partial charge in [0.05, 0.1) is 17.7 Å². The standard InChI is InChI=1S/C30H35Cl2N3O5S/c1-6-28(30(37)33-20(2)3)34(18-22-9-10-23(31)17-27(22)32)29(36)19-35(24-11-13-25(40-5)14-12-24)41(38,39)26-15-7-21(4)8-16-26/h7-17,20,28H,6,18-19H2,1-5H3,(H,33,37)/t28-/m0/s1. The number of sulfonamides is 1. The molecule has 0 aliphatic heterocycles. The molecule has 0 heterocycles. The molecule has 220 valence electrons. The summed E-state index contributed by atoms with van der Waals surface area (Å²) in [5, 5.41) is 3.62. The zero-order valence-corrected chi connectivity index (χ0v) is 26.1. The normalized spacial score (nSPS) is 12.1. The fourth-order valence-electron chi connectivity index (χ4n) is 4.25. The highest BCUT2D eigenvalue weighted by Crippen LogP contribution is 2.28. The summed E-state index contributed by atoms with van der Waals surface area (Å²) in [6.45, 7) is 6.71. The Morgan fingerprint density at radius 3 is 2.15 bits per heavy atom. The number of ether oxygens (including phenoxy) is 1. The van der Waals surface area contributed by atoms with Crippen LogP contribution in [0.15, 0.2) is 71.6 Å². The van der Waals surface area contributed by atoms with Gasteiger partial charge >= 0.3 is 0 Å². The van der Waals surface area contributed by atoms with Crippen LogP contribution < -0.4 is 14.4 Å². The number of halogens is 2. The van der Waals surface area contributed by atoms with Crippen LogP contribution in [0.4, 0.5) is 5.69 Å². The molecule has 1 atom stereocenters. The van der Waals surface area contributed by atoms with E-state index in [1.165, 1.54) is 24.1 Å². The smallest absolute Gasteiger partial charge is 0.264 e. The van der Waals surface area contributed by atoms with E-state index in [0.29, 0.717) is 27.8 Å². The first-order valence-electron chi connectivity index (χ1n) is 13.1. The molecule has 3 aromatic rings. The van der Waals surface area contributed by atoms with Gasteiger partial charge in [0.2, 0.25) is 11.8 Å². The summed E-state index contributed by atoms with van der Waals surface area (Å²) in [5.74, 6) is -0.394. The lowest BCUT2D eigenvalue weighted by atomic mass is 10.1. The molecule has 0 aliphatic rings. The molecule has 0 aliphatic carbocycles. The molecule has 0 fully saturated rings. The van der Waals surface area contributed by atoms with Crippen molar-refractivity contribution in [3.8, 4) is 5.75 Å². The van der Waals surface area contributed by atoms with E-state index in [1.807, 2.05) is 20.8 Å². The van der Waals surface area contributed by atoms with E-state index in [0.717, 1.165) is 9.87 Å². The van der Waals surface area contributed by atoms with Crippen molar-refractivity contribution in [2.45, 2.75) is 57.6 Å². The molecule has 3 rings (SSSR count). The summed E-state index contributed by atoms with van der Waals surface area (Å²) in [6.07, 6.45) is 0.294. The molecule has 0 spiro atoms. The van der Waals surface area contributed by atoms with Gasteiger partial charge in [0.1, 0.15) is 18.3 Å². The van der Waals surface area contributed by atoms with Crippen molar-refractivity contribution in [3.63, 3.8) is 0 Å². The molecule has 0 saturated carbocycles. The number of rotatable bonds is 12. The fourth-order valence-corrected chi connectivity index (χ4v) is 6.13. The second kappa shape index (κ2) is 14.1. The largest absolute Gasteiger partial charge is 0.497 e. The zero-order chi connectivity index (χ0) is 30.3. The third-order valence-corrected chi connectivity index (χ3v) is 8.80. The van der Waals surface area contributed by atoms with Gasteiger partial charge in [-0.3, -0.25) is 13.9 Å². The monoisotopic (exact) mass is 619 g/mol. The fraction of sp³-hybridized carbons (Fsp3) is 0.333. The first-order chi connectivity index (χ1) is 19.4. The molecule has 3 aromatic carbocycles. The van der Waals surface area contributed by atoms with E-state index in [9.17, 15) is 18.0 Å². The number of carbonyl (C=O) groups excluding carboxylic acids is 2. The van der Waals surface area contributed by atoms with Crippen LogP contribution in [0.2, 0.25) is 10.0 Å². The van der Waals surface area contributed by atoms with Gasteiger partial charge in [-0.15, -0.1) is 0 Å². The van der Waals surface area contributed by atoms with Crippen molar-refractivity contribution >= 4 is 50.7 Å². The second-order valence-corrected chi connectivity index (χ2v) is 12.6. The molecule has 0 saturated heterocycles. The van der Waals surface area contributed by atoms with Gasteiger partial charge in [-0.25, -0.2) is 8.42 Å². The molecule has 1 N–H and O–H groups in total. The van der Waals surface area contributed by atoms with Gasteiger partial charge in [0.25, 0.3) is 10.0 Å². The first kappa shape index (κ1) is 32.2. The van der Waals surface area contributed by atoms with Crippen molar-refractivity contribution in [2.75, 3.05) is 18.0 Å². The maximum atomic E-state index is 14.1. The molecule has 41 heavy (non-hydrogen) atoms. The van der Waals surface area contributed by atoms with Crippen molar-refractivity contribution in [1.82, 2.24) is 10.2 Å². The second-order valence-electron chi connectivity index (χ2n) is 9.87. The van der Waals surface area contributed by atoms with Crippen LogP contribution in [-0.2, 0) is 26.2 Å². The molecule has 0 bridgehead atoms. The minimum atomic E-state index is -4.18. The number of benzene rings is 3. The van der Waals surface area contributed by atoms with Crippen molar-refractivity contribution in [1.29, 1.82) is 0 Å². The zero-order valence-electron chi connectivity index (χ0n) is 23.7. The van der Waals surface area contributed by atoms with Crippen LogP contribution in [0, 0.1) is 6.92 Å². The van der Waals surface area contributed by atoms with Crippen LogP contribution in [-0.4, -0.2) is 50.9 Å². The van der Waals surface area contributed by atoms with Gasteiger partial charge in [-0.05, 0) is 81.3 Å².